The molecule has 0 N–H and O–H groups in total. The minimum Gasteiger partial charge on any atom is -0.464 e. The van der Waals surface area contributed by atoms with E-state index in [4.69, 9.17) is 11.6 Å². The van der Waals surface area contributed by atoms with E-state index in [9.17, 15) is 18.0 Å². The van der Waals surface area contributed by atoms with Gasteiger partial charge in [0.2, 0.25) is 0 Å². The van der Waals surface area contributed by atoms with Crippen LogP contribution < -0.4 is 0 Å². The van der Waals surface area contributed by atoms with Crippen LogP contribution in [0.3, 0.4) is 0 Å². The number of hydrogen-bond donors (Lipinski definition) is 0. The predicted octanol–water partition coefficient (Wildman–Crippen LogP) is 2.95. The van der Waals surface area contributed by atoms with Crippen molar-refractivity contribution in [2.75, 3.05) is 7.11 Å². The van der Waals surface area contributed by atoms with Crippen LogP contribution in [0, 0.1) is 0 Å². The van der Waals surface area contributed by atoms with Crippen LogP contribution in [0.15, 0.2) is 24.3 Å². The summed E-state index contributed by atoms with van der Waals surface area (Å²) in [6.07, 6.45) is -4.50. The van der Waals surface area contributed by atoms with Gasteiger partial charge < -0.3 is 4.74 Å². The molecule has 0 spiro atoms. The van der Waals surface area contributed by atoms with E-state index in [1.54, 1.807) is 0 Å². The summed E-state index contributed by atoms with van der Waals surface area (Å²) in [6.45, 7) is -1.37. The fourth-order valence-corrected chi connectivity index (χ4v) is 1.85. The van der Waals surface area contributed by atoms with Gasteiger partial charge in [-0.2, -0.15) is 13.2 Å². The van der Waals surface area contributed by atoms with Gasteiger partial charge in [0.05, 0.1) is 7.11 Å². The Morgan fingerprint density at radius 2 is 1.95 bits per heavy atom. The second-order valence-electron chi connectivity index (χ2n) is 4.06. The summed E-state index contributed by atoms with van der Waals surface area (Å²) in [5.74, 6) is -0.867. The summed E-state index contributed by atoms with van der Waals surface area (Å²) in [6, 6.07) is 5.92. The van der Waals surface area contributed by atoms with Gasteiger partial charge >= 0.3 is 12.1 Å². The molecule has 0 saturated heterocycles. The van der Waals surface area contributed by atoms with Crippen LogP contribution in [-0.4, -0.2) is 34.2 Å². The van der Waals surface area contributed by atoms with Gasteiger partial charge in [0.25, 0.3) is 0 Å². The topological polar surface area (TPSA) is 57.0 Å². The van der Waals surface area contributed by atoms with Crippen molar-refractivity contribution in [3.8, 4) is 11.3 Å². The van der Waals surface area contributed by atoms with Gasteiger partial charge in [-0.3, -0.25) is 0 Å². The maximum absolute atomic E-state index is 12.6. The highest BCUT2D eigenvalue weighted by Crippen LogP contribution is 2.27. The minimum absolute atomic E-state index is 0.0733. The highest BCUT2D eigenvalue weighted by Gasteiger charge is 2.32. The maximum Gasteiger partial charge on any atom is 0.408 e. The number of aromatic nitrogens is 3. The standard InChI is InChI=1S/C12H9ClF3N3O2/c1-21-11(20)9-10(7-2-4-8(13)5-3-7)19(18-17-9)6-12(14,15)16/h2-5H,6H2,1H3. The predicted molar refractivity (Wildman–Crippen MR) is 67.9 cm³/mol. The molecule has 0 atom stereocenters. The number of carbonyl (C=O) groups is 1. The summed E-state index contributed by atoms with van der Waals surface area (Å²) >= 11 is 5.74. The molecule has 0 aliphatic rings. The summed E-state index contributed by atoms with van der Waals surface area (Å²) in [7, 11) is 1.11. The monoisotopic (exact) mass is 319 g/mol. The van der Waals surface area contributed by atoms with Crippen LogP contribution in [0.5, 0.6) is 0 Å². The SMILES string of the molecule is COC(=O)c1nnn(CC(F)(F)F)c1-c1ccc(Cl)cc1. The van der Waals surface area contributed by atoms with Crippen LogP contribution in [-0.2, 0) is 11.3 Å². The molecule has 0 aliphatic carbocycles. The summed E-state index contributed by atoms with van der Waals surface area (Å²) in [5.41, 5.74) is -0.0334. The molecular formula is C12H9ClF3N3O2. The number of carbonyl (C=O) groups excluding carboxylic acids is 1. The van der Waals surface area contributed by atoms with Gasteiger partial charge in [-0.1, -0.05) is 28.9 Å². The van der Waals surface area contributed by atoms with Gasteiger partial charge in [0.15, 0.2) is 5.69 Å². The zero-order chi connectivity index (χ0) is 15.6. The Balaban J connectivity index is 2.55. The summed E-state index contributed by atoms with van der Waals surface area (Å²) in [4.78, 5) is 11.6. The number of benzene rings is 1. The van der Waals surface area contributed by atoms with Crippen molar-refractivity contribution in [3.63, 3.8) is 0 Å². The number of esters is 1. The highest BCUT2D eigenvalue weighted by molar-refractivity contribution is 6.30. The quantitative estimate of drug-likeness (QED) is 0.816. The summed E-state index contributed by atoms with van der Waals surface area (Å²) < 4.78 is 42.8. The maximum atomic E-state index is 12.6. The van der Waals surface area contributed by atoms with Gasteiger partial charge in [0.1, 0.15) is 12.2 Å². The molecule has 21 heavy (non-hydrogen) atoms. The lowest BCUT2D eigenvalue weighted by Crippen LogP contribution is -2.19. The molecule has 5 nitrogen and oxygen atoms in total. The van der Waals surface area contributed by atoms with Crippen LogP contribution in [0.25, 0.3) is 11.3 Å². The molecule has 2 aromatic rings. The van der Waals surface area contributed by atoms with Gasteiger partial charge in [-0.05, 0) is 12.1 Å². The Morgan fingerprint density at radius 3 is 2.48 bits per heavy atom. The molecule has 0 radical (unpaired) electrons. The van der Waals surface area contributed by atoms with Crippen LogP contribution in [0.2, 0.25) is 5.02 Å². The van der Waals surface area contributed by atoms with Gasteiger partial charge in [-0.25, -0.2) is 9.48 Å². The third-order valence-corrected chi connectivity index (χ3v) is 2.81. The van der Waals surface area contributed by atoms with E-state index < -0.39 is 18.7 Å². The molecule has 1 aromatic carbocycles. The molecule has 0 amide bonds. The largest absolute Gasteiger partial charge is 0.464 e. The van der Waals surface area contributed by atoms with E-state index in [0.717, 1.165) is 7.11 Å². The first-order valence-electron chi connectivity index (χ1n) is 5.66. The number of methoxy groups -OCH3 is 1. The van der Waals surface area contributed by atoms with E-state index in [2.05, 4.69) is 15.0 Å². The van der Waals surface area contributed by atoms with Gasteiger partial charge in [-0.15, -0.1) is 5.10 Å². The second kappa shape index (κ2) is 5.72. The molecule has 9 heteroatoms. The molecule has 0 fully saturated rings. The first-order chi connectivity index (χ1) is 9.81. The van der Waals surface area contributed by atoms with Crippen LogP contribution >= 0.6 is 11.6 Å². The number of halogens is 4. The van der Waals surface area contributed by atoms with E-state index in [-0.39, 0.29) is 11.4 Å². The lowest BCUT2D eigenvalue weighted by molar-refractivity contribution is -0.142. The Hall–Kier alpha value is -2.09. The molecule has 0 unspecified atom stereocenters. The molecule has 0 bridgehead atoms. The molecule has 0 aliphatic heterocycles. The van der Waals surface area contributed by atoms with Crippen LogP contribution in [0.4, 0.5) is 13.2 Å². The van der Waals surface area contributed by atoms with Gasteiger partial charge in [0, 0.05) is 10.6 Å². The van der Waals surface area contributed by atoms with Crippen molar-refractivity contribution >= 4 is 17.6 Å². The second-order valence-corrected chi connectivity index (χ2v) is 4.49. The average Bonchev–Trinajstić information content (AvgIpc) is 2.80. The number of rotatable bonds is 3. The molecule has 1 heterocycles. The van der Waals surface area contributed by atoms with Crippen molar-refractivity contribution in [2.45, 2.75) is 12.7 Å². The first kappa shape index (κ1) is 15.3. The molecular weight excluding hydrogens is 311 g/mol. The third kappa shape index (κ3) is 3.52. The van der Waals surface area contributed by atoms with E-state index >= 15 is 0 Å². The minimum atomic E-state index is -4.50. The highest BCUT2D eigenvalue weighted by atomic mass is 35.5. The van der Waals surface area contributed by atoms with Crippen LogP contribution in [0.1, 0.15) is 10.5 Å². The Bertz CT molecular complexity index is 653. The van der Waals surface area contributed by atoms with E-state index in [1.165, 1.54) is 24.3 Å². The third-order valence-electron chi connectivity index (χ3n) is 2.56. The van der Waals surface area contributed by atoms with Crippen molar-refractivity contribution in [1.82, 2.24) is 15.0 Å². The Kier molecular flexibility index (Phi) is 4.17. The fraction of sp³-hybridized carbons (Fsp3) is 0.250. The van der Waals surface area contributed by atoms with Crippen molar-refractivity contribution in [3.05, 3.63) is 35.0 Å². The normalized spacial score (nSPS) is 11.5. The molecule has 2 rings (SSSR count). The number of hydrogen-bond acceptors (Lipinski definition) is 4. The molecule has 1 aromatic heterocycles. The number of alkyl halides is 3. The lowest BCUT2D eigenvalue weighted by atomic mass is 10.1. The average molecular weight is 320 g/mol. The van der Waals surface area contributed by atoms with Crippen molar-refractivity contribution in [2.24, 2.45) is 0 Å². The molecule has 0 saturated carbocycles. The Labute approximate surface area is 122 Å². The van der Waals surface area contributed by atoms with E-state index in [1.807, 2.05) is 0 Å². The first-order valence-corrected chi connectivity index (χ1v) is 6.04. The Morgan fingerprint density at radius 1 is 1.33 bits per heavy atom. The van der Waals surface area contributed by atoms with Crippen molar-refractivity contribution in [1.29, 1.82) is 0 Å². The van der Waals surface area contributed by atoms with Crippen molar-refractivity contribution < 1.29 is 22.7 Å². The molecule has 112 valence electrons. The fourth-order valence-electron chi connectivity index (χ4n) is 1.72. The zero-order valence-electron chi connectivity index (χ0n) is 10.7. The zero-order valence-corrected chi connectivity index (χ0v) is 11.4. The number of ether oxygens (including phenoxy) is 1. The number of nitrogens with zero attached hydrogens (tertiary/aromatic N) is 3. The smallest absolute Gasteiger partial charge is 0.408 e. The lowest BCUT2D eigenvalue weighted by Gasteiger charge is -2.10. The van der Waals surface area contributed by atoms with E-state index in [0.29, 0.717) is 15.3 Å². The summed E-state index contributed by atoms with van der Waals surface area (Å²) in [5, 5.41) is 7.27.